The number of nitrogens with two attached hydrogens (primary N) is 1. The van der Waals surface area contributed by atoms with Gasteiger partial charge in [0.25, 0.3) is 0 Å². The van der Waals surface area contributed by atoms with Crippen LogP contribution in [0.2, 0.25) is 0 Å². The Balaban J connectivity index is 2.69. The molecule has 0 bridgehead atoms. The fourth-order valence-corrected chi connectivity index (χ4v) is 1.39. The van der Waals surface area contributed by atoms with Gasteiger partial charge in [0, 0.05) is 17.8 Å². The van der Waals surface area contributed by atoms with E-state index >= 15 is 0 Å². The molecule has 0 aliphatic heterocycles. The van der Waals surface area contributed by atoms with Crippen LogP contribution in [-0.2, 0) is 0 Å². The van der Waals surface area contributed by atoms with E-state index in [2.05, 4.69) is 24.4 Å². The van der Waals surface area contributed by atoms with Crippen molar-refractivity contribution >= 4 is 11.8 Å². The van der Waals surface area contributed by atoms with Crippen molar-refractivity contribution in [3.8, 4) is 5.75 Å². The van der Waals surface area contributed by atoms with E-state index in [-0.39, 0.29) is 0 Å². The molecule has 0 radical (unpaired) electrons. The van der Waals surface area contributed by atoms with Crippen LogP contribution in [0, 0.1) is 0 Å². The van der Waals surface area contributed by atoms with Gasteiger partial charge < -0.3 is 15.8 Å². The second-order valence-corrected chi connectivity index (χ2v) is 3.87. The number of nitrogen functional groups attached to an aromatic ring is 1. The summed E-state index contributed by atoms with van der Waals surface area (Å²) < 4.78 is 5.16. The van der Waals surface area contributed by atoms with E-state index in [0.717, 1.165) is 23.4 Å². The highest BCUT2D eigenvalue weighted by Crippen LogP contribution is 2.19. The van der Waals surface area contributed by atoms with Crippen molar-refractivity contribution in [2.24, 2.45) is 0 Å². The van der Waals surface area contributed by atoms with Crippen molar-refractivity contribution in [3.63, 3.8) is 0 Å². The van der Waals surface area contributed by atoms with Crippen LogP contribution >= 0.6 is 0 Å². The number of hydrogen-bond donors (Lipinski definition) is 2. The van der Waals surface area contributed by atoms with E-state index in [0.29, 0.717) is 6.04 Å². The molecule has 3 N–H and O–H groups in total. The van der Waals surface area contributed by atoms with E-state index < -0.39 is 0 Å². The minimum Gasteiger partial charge on any atom is -0.497 e. The van der Waals surface area contributed by atoms with Crippen LogP contribution in [0.5, 0.6) is 5.75 Å². The Morgan fingerprint density at radius 3 is 2.81 bits per heavy atom. The maximum atomic E-state index is 5.77. The highest BCUT2D eigenvalue weighted by atomic mass is 16.5. The molecule has 1 aromatic carbocycles. The summed E-state index contributed by atoms with van der Waals surface area (Å²) in [4.78, 5) is 0. The van der Waals surface area contributed by atoms with Gasteiger partial charge in [-0.25, -0.2) is 0 Å². The monoisotopic (exact) mass is 220 g/mol. The average molecular weight is 220 g/mol. The molecule has 1 rings (SSSR count). The number of rotatable bonds is 5. The Hall–Kier alpha value is -1.48. The first kappa shape index (κ1) is 12.6. The lowest BCUT2D eigenvalue weighted by atomic mass is 10.1. The van der Waals surface area contributed by atoms with Crippen LogP contribution in [0.1, 0.15) is 18.9 Å². The first-order chi connectivity index (χ1) is 7.65. The van der Waals surface area contributed by atoms with Crippen molar-refractivity contribution in [2.45, 2.75) is 19.4 Å². The summed E-state index contributed by atoms with van der Waals surface area (Å²) in [5.41, 5.74) is 7.56. The fourth-order valence-electron chi connectivity index (χ4n) is 1.39. The lowest BCUT2D eigenvalue weighted by Gasteiger charge is -2.06. The second-order valence-electron chi connectivity index (χ2n) is 3.87. The molecule has 1 unspecified atom stereocenters. The molecule has 88 valence electrons. The highest BCUT2D eigenvalue weighted by Gasteiger charge is 1.97. The third-order valence-corrected chi connectivity index (χ3v) is 2.48. The Bertz CT molecular complexity index is 361. The number of nitrogens with one attached hydrogen (secondary N) is 1. The van der Waals surface area contributed by atoms with Crippen LogP contribution in [0.15, 0.2) is 24.3 Å². The van der Waals surface area contributed by atoms with Crippen molar-refractivity contribution in [3.05, 3.63) is 29.8 Å². The Morgan fingerprint density at radius 1 is 1.44 bits per heavy atom. The molecule has 0 saturated heterocycles. The number of ether oxygens (including phenoxy) is 1. The number of anilines is 1. The average Bonchev–Trinajstić information content (AvgIpc) is 2.28. The normalized spacial score (nSPS) is 12.9. The molecule has 0 saturated carbocycles. The summed E-state index contributed by atoms with van der Waals surface area (Å²) in [5, 5.41) is 3.18. The topological polar surface area (TPSA) is 47.3 Å². The molecule has 0 aliphatic rings. The van der Waals surface area contributed by atoms with Gasteiger partial charge >= 0.3 is 0 Å². The molecule has 0 aromatic heterocycles. The lowest BCUT2D eigenvalue weighted by molar-refractivity contribution is 0.415. The fraction of sp³-hybridized carbons (Fsp3) is 0.385. The van der Waals surface area contributed by atoms with Crippen molar-refractivity contribution in [2.75, 3.05) is 19.9 Å². The lowest BCUT2D eigenvalue weighted by Crippen LogP contribution is -2.19. The largest absolute Gasteiger partial charge is 0.497 e. The van der Waals surface area contributed by atoms with Crippen LogP contribution < -0.4 is 15.8 Å². The Kier molecular flexibility index (Phi) is 4.86. The zero-order valence-corrected chi connectivity index (χ0v) is 10.2. The summed E-state index contributed by atoms with van der Waals surface area (Å²) in [7, 11) is 3.60. The molecule has 0 spiro atoms. The SMILES string of the molecule is CNC(C)C/C=C/c1cc(N)cc(OC)c1. The van der Waals surface area contributed by atoms with Gasteiger partial charge in [0.2, 0.25) is 0 Å². The van der Waals surface area contributed by atoms with E-state index in [4.69, 9.17) is 10.5 Å². The summed E-state index contributed by atoms with van der Waals surface area (Å²) in [6, 6.07) is 6.20. The van der Waals surface area contributed by atoms with Gasteiger partial charge in [-0.3, -0.25) is 0 Å². The molecule has 0 amide bonds. The molecular weight excluding hydrogens is 200 g/mol. The van der Waals surface area contributed by atoms with Crippen LogP contribution in [-0.4, -0.2) is 20.2 Å². The number of methoxy groups -OCH3 is 1. The quantitative estimate of drug-likeness (QED) is 0.748. The Morgan fingerprint density at radius 2 is 2.19 bits per heavy atom. The molecule has 3 heteroatoms. The van der Waals surface area contributed by atoms with E-state index in [1.54, 1.807) is 7.11 Å². The maximum Gasteiger partial charge on any atom is 0.121 e. The molecule has 16 heavy (non-hydrogen) atoms. The van der Waals surface area contributed by atoms with Crippen molar-refractivity contribution in [1.82, 2.24) is 5.32 Å². The van der Waals surface area contributed by atoms with Crippen LogP contribution in [0.4, 0.5) is 5.69 Å². The number of hydrogen-bond acceptors (Lipinski definition) is 3. The molecular formula is C13H20N2O. The van der Waals surface area contributed by atoms with E-state index in [1.165, 1.54) is 0 Å². The molecule has 0 aliphatic carbocycles. The molecule has 0 fully saturated rings. The van der Waals surface area contributed by atoms with Gasteiger partial charge in [0.05, 0.1) is 7.11 Å². The summed E-state index contributed by atoms with van der Waals surface area (Å²) in [6.07, 6.45) is 5.19. The van der Waals surface area contributed by atoms with Crippen LogP contribution in [0.25, 0.3) is 6.08 Å². The minimum atomic E-state index is 0.485. The first-order valence-electron chi connectivity index (χ1n) is 5.44. The zero-order valence-electron chi connectivity index (χ0n) is 10.2. The highest BCUT2D eigenvalue weighted by molar-refractivity contribution is 5.59. The van der Waals surface area contributed by atoms with Gasteiger partial charge in [-0.2, -0.15) is 0 Å². The third kappa shape index (κ3) is 3.95. The minimum absolute atomic E-state index is 0.485. The summed E-state index contributed by atoms with van der Waals surface area (Å²) in [5.74, 6) is 0.793. The molecule has 3 nitrogen and oxygen atoms in total. The van der Waals surface area contributed by atoms with Gasteiger partial charge in [-0.15, -0.1) is 0 Å². The van der Waals surface area contributed by atoms with Crippen molar-refractivity contribution in [1.29, 1.82) is 0 Å². The van der Waals surface area contributed by atoms with Gasteiger partial charge in [0.1, 0.15) is 5.75 Å². The standard InChI is InChI=1S/C13H20N2O/c1-10(15-2)5-4-6-11-7-12(14)9-13(8-11)16-3/h4,6-10,15H,5,14H2,1-3H3/b6-4+. The van der Waals surface area contributed by atoms with E-state index in [1.807, 2.05) is 25.2 Å². The molecule has 1 atom stereocenters. The van der Waals surface area contributed by atoms with Gasteiger partial charge in [-0.05, 0) is 38.1 Å². The second kappa shape index (κ2) is 6.18. The third-order valence-electron chi connectivity index (χ3n) is 2.48. The smallest absolute Gasteiger partial charge is 0.121 e. The summed E-state index contributed by atoms with van der Waals surface area (Å²) in [6.45, 7) is 2.14. The van der Waals surface area contributed by atoms with Crippen molar-refractivity contribution < 1.29 is 4.74 Å². The predicted octanol–water partition coefficient (Wildman–Crippen LogP) is 2.29. The predicted molar refractivity (Wildman–Crippen MR) is 69.6 cm³/mol. The summed E-state index contributed by atoms with van der Waals surface area (Å²) >= 11 is 0. The van der Waals surface area contributed by atoms with Gasteiger partial charge in [-0.1, -0.05) is 12.2 Å². The molecule has 0 heterocycles. The maximum absolute atomic E-state index is 5.77. The number of benzene rings is 1. The Labute approximate surface area is 97.3 Å². The van der Waals surface area contributed by atoms with Crippen LogP contribution in [0.3, 0.4) is 0 Å². The van der Waals surface area contributed by atoms with Gasteiger partial charge in [0.15, 0.2) is 0 Å². The molecule has 1 aromatic rings. The first-order valence-corrected chi connectivity index (χ1v) is 5.44. The zero-order chi connectivity index (χ0) is 12.0. The van der Waals surface area contributed by atoms with E-state index in [9.17, 15) is 0 Å².